The van der Waals surface area contributed by atoms with Crippen LogP contribution in [0.25, 0.3) is 0 Å². The Morgan fingerprint density at radius 2 is 2.38 bits per heavy atom. The fourth-order valence-electron chi connectivity index (χ4n) is 3.06. The lowest BCUT2D eigenvalue weighted by atomic mass is 9.72. The highest BCUT2D eigenvalue weighted by Gasteiger charge is 2.42. The van der Waals surface area contributed by atoms with E-state index in [1.54, 1.807) is 0 Å². The summed E-state index contributed by atoms with van der Waals surface area (Å²) >= 11 is 0. The van der Waals surface area contributed by atoms with Crippen molar-refractivity contribution in [2.75, 3.05) is 26.3 Å². The van der Waals surface area contributed by atoms with Crippen LogP contribution in [-0.4, -0.2) is 31.3 Å². The summed E-state index contributed by atoms with van der Waals surface area (Å²) in [6, 6.07) is 2.21. The fraction of sp³-hybridized carbons (Fsp3) is 0.692. The molecule has 0 spiro atoms. The summed E-state index contributed by atoms with van der Waals surface area (Å²) in [5, 5.41) is 3.50. The minimum atomic E-state index is 0.309. The fourth-order valence-corrected chi connectivity index (χ4v) is 3.06. The van der Waals surface area contributed by atoms with E-state index in [1.807, 2.05) is 6.20 Å². The summed E-state index contributed by atoms with van der Waals surface area (Å²) < 4.78 is 5.47. The van der Waals surface area contributed by atoms with E-state index in [-0.39, 0.29) is 0 Å². The van der Waals surface area contributed by atoms with Gasteiger partial charge in [-0.15, -0.1) is 0 Å². The molecule has 1 atom stereocenters. The Hall–Kier alpha value is -0.800. The molecule has 0 aliphatic carbocycles. The standard InChI is InChI=1S/C13H20N2O/c1-2-11(7-14-4-1)6-13(9-16-10-13)12-3-5-15-8-12/h3,5,8,11,14-15H,1-2,4,6-7,9-10H2. The number of aromatic amines is 1. The second-order valence-corrected chi connectivity index (χ2v) is 5.29. The summed E-state index contributed by atoms with van der Waals surface area (Å²) in [6.07, 6.45) is 8.14. The Kier molecular flexibility index (Phi) is 2.74. The van der Waals surface area contributed by atoms with Crippen LogP contribution >= 0.6 is 0 Å². The van der Waals surface area contributed by atoms with Crippen molar-refractivity contribution in [1.29, 1.82) is 0 Å². The molecule has 0 aromatic carbocycles. The number of nitrogens with one attached hydrogen (secondary N) is 2. The SMILES string of the molecule is c1cc(C2(CC3CCCNC3)COC2)c[nH]1. The number of ether oxygens (including phenoxy) is 1. The van der Waals surface area contributed by atoms with Gasteiger partial charge < -0.3 is 15.0 Å². The molecule has 3 heteroatoms. The minimum Gasteiger partial charge on any atom is -0.379 e. The van der Waals surface area contributed by atoms with Gasteiger partial charge in [0.05, 0.1) is 13.2 Å². The Morgan fingerprint density at radius 3 is 2.94 bits per heavy atom. The summed E-state index contributed by atoms with van der Waals surface area (Å²) in [4.78, 5) is 3.17. The maximum Gasteiger partial charge on any atom is 0.0586 e. The molecule has 3 rings (SSSR count). The summed E-state index contributed by atoms with van der Waals surface area (Å²) in [6.45, 7) is 4.19. The number of hydrogen-bond donors (Lipinski definition) is 2. The average molecular weight is 220 g/mol. The predicted molar refractivity (Wildman–Crippen MR) is 63.5 cm³/mol. The highest BCUT2D eigenvalue weighted by atomic mass is 16.5. The van der Waals surface area contributed by atoms with Crippen molar-refractivity contribution in [3.8, 4) is 0 Å². The Balaban J connectivity index is 1.70. The first kappa shape index (κ1) is 10.4. The Bertz CT molecular complexity index is 324. The number of H-pyrrole nitrogens is 1. The lowest BCUT2D eigenvalue weighted by Crippen LogP contribution is -2.49. The van der Waals surface area contributed by atoms with Gasteiger partial charge in [-0.25, -0.2) is 0 Å². The van der Waals surface area contributed by atoms with Crippen molar-refractivity contribution < 1.29 is 4.74 Å². The van der Waals surface area contributed by atoms with Crippen LogP contribution in [0.4, 0.5) is 0 Å². The summed E-state index contributed by atoms with van der Waals surface area (Å²) in [5.41, 5.74) is 1.74. The topological polar surface area (TPSA) is 37.0 Å². The van der Waals surface area contributed by atoms with Crippen molar-refractivity contribution in [3.05, 3.63) is 24.0 Å². The van der Waals surface area contributed by atoms with Crippen LogP contribution in [0.1, 0.15) is 24.8 Å². The Morgan fingerprint density at radius 1 is 1.44 bits per heavy atom. The molecular weight excluding hydrogens is 200 g/mol. The van der Waals surface area contributed by atoms with Crippen molar-refractivity contribution in [1.82, 2.24) is 10.3 Å². The van der Waals surface area contributed by atoms with Gasteiger partial charge in [0.25, 0.3) is 0 Å². The van der Waals surface area contributed by atoms with Gasteiger partial charge in [0.15, 0.2) is 0 Å². The number of aromatic nitrogens is 1. The smallest absolute Gasteiger partial charge is 0.0586 e. The van der Waals surface area contributed by atoms with Crippen molar-refractivity contribution in [2.24, 2.45) is 5.92 Å². The normalized spacial score (nSPS) is 28.6. The van der Waals surface area contributed by atoms with E-state index in [1.165, 1.54) is 37.9 Å². The van der Waals surface area contributed by atoms with E-state index in [0.29, 0.717) is 5.41 Å². The van der Waals surface area contributed by atoms with Gasteiger partial charge in [-0.3, -0.25) is 0 Å². The van der Waals surface area contributed by atoms with Gasteiger partial charge in [0.2, 0.25) is 0 Å². The maximum absolute atomic E-state index is 5.47. The number of piperidine rings is 1. The van der Waals surface area contributed by atoms with E-state index in [0.717, 1.165) is 19.1 Å². The van der Waals surface area contributed by atoms with Gasteiger partial charge in [-0.1, -0.05) is 0 Å². The van der Waals surface area contributed by atoms with Crippen LogP contribution in [0.2, 0.25) is 0 Å². The molecule has 2 aliphatic rings. The molecule has 2 fully saturated rings. The van der Waals surface area contributed by atoms with Gasteiger partial charge in [-0.05, 0) is 49.9 Å². The minimum absolute atomic E-state index is 0.309. The van der Waals surface area contributed by atoms with Crippen LogP contribution < -0.4 is 5.32 Å². The number of hydrogen-bond acceptors (Lipinski definition) is 2. The second-order valence-electron chi connectivity index (χ2n) is 5.29. The third-order valence-electron chi connectivity index (χ3n) is 4.05. The largest absolute Gasteiger partial charge is 0.379 e. The molecule has 1 aromatic heterocycles. The van der Waals surface area contributed by atoms with E-state index < -0.39 is 0 Å². The average Bonchev–Trinajstić information content (AvgIpc) is 2.78. The molecule has 2 aliphatic heterocycles. The van der Waals surface area contributed by atoms with E-state index in [2.05, 4.69) is 22.6 Å². The van der Waals surface area contributed by atoms with Gasteiger partial charge in [0.1, 0.15) is 0 Å². The summed E-state index contributed by atoms with van der Waals surface area (Å²) in [5.74, 6) is 0.826. The van der Waals surface area contributed by atoms with Crippen LogP contribution in [-0.2, 0) is 10.2 Å². The Labute approximate surface area is 96.6 Å². The molecule has 2 N–H and O–H groups in total. The van der Waals surface area contributed by atoms with Crippen LogP contribution in [0.15, 0.2) is 18.5 Å². The molecule has 0 amide bonds. The van der Waals surface area contributed by atoms with Crippen molar-refractivity contribution in [3.63, 3.8) is 0 Å². The third-order valence-corrected chi connectivity index (χ3v) is 4.05. The second kappa shape index (κ2) is 4.22. The highest BCUT2D eigenvalue weighted by molar-refractivity contribution is 5.25. The van der Waals surface area contributed by atoms with Crippen LogP contribution in [0, 0.1) is 5.92 Å². The molecule has 2 saturated heterocycles. The molecule has 1 unspecified atom stereocenters. The lowest BCUT2D eigenvalue weighted by molar-refractivity contribution is -0.0726. The number of rotatable bonds is 3. The zero-order valence-electron chi connectivity index (χ0n) is 9.67. The molecule has 1 aromatic rings. The molecule has 0 saturated carbocycles. The lowest BCUT2D eigenvalue weighted by Gasteiger charge is -2.44. The van der Waals surface area contributed by atoms with Gasteiger partial charge >= 0.3 is 0 Å². The molecular formula is C13H20N2O. The molecule has 16 heavy (non-hydrogen) atoms. The van der Waals surface area contributed by atoms with Gasteiger partial charge in [-0.2, -0.15) is 0 Å². The first-order valence-corrected chi connectivity index (χ1v) is 6.31. The zero-order valence-corrected chi connectivity index (χ0v) is 9.67. The monoisotopic (exact) mass is 220 g/mol. The van der Waals surface area contributed by atoms with E-state index in [9.17, 15) is 0 Å². The van der Waals surface area contributed by atoms with E-state index >= 15 is 0 Å². The molecule has 88 valence electrons. The van der Waals surface area contributed by atoms with Crippen LogP contribution in [0.5, 0.6) is 0 Å². The van der Waals surface area contributed by atoms with E-state index in [4.69, 9.17) is 4.74 Å². The highest BCUT2D eigenvalue weighted by Crippen LogP contribution is 2.39. The van der Waals surface area contributed by atoms with Gasteiger partial charge in [0, 0.05) is 17.8 Å². The first-order chi connectivity index (χ1) is 7.89. The van der Waals surface area contributed by atoms with Crippen LogP contribution in [0.3, 0.4) is 0 Å². The van der Waals surface area contributed by atoms with Crippen molar-refractivity contribution >= 4 is 0 Å². The predicted octanol–water partition coefficient (Wildman–Crippen LogP) is 1.67. The molecule has 0 radical (unpaired) electrons. The zero-order chi connectivity index (χ0) is 10.8. The maximum atomic E-state index is 5.47. The first-order valence-electron chi connectivity index (χ1n) is 6.31. The molecule has 3 heterocycles. The van der Waals surface area contributed by atoms with Crippen molar-refractivity contribution in [2.45, 2.75) is 24.7 Å². The summed E-state index contributed by atoms with van der Waals surface area (Å²) in [7, 11) is 0. The molecule has 3 nitrogen and oxygen atoms in total. The third kappa shape index (κ3) is 1.78. The quantitative estimate of drug-likeness (QED) is 0.813. The molecule has 0 bridgehead atoms.